The molecule has 3 aromatic rings. The van der Waals surface area contributed by atoms with Crippen LogP contribution in [0.5, 0.6) is 0 Å². The van der Waals surface area contributed by atoms with Gasteiger partial charge in [0, 0.05) is 10.7 Å². The molecule has 0 saturated heterocycles. The van der Waals surface area contributed by atoms with Crippen LogP contribution in [0.25, 0.3) is 0 Å². The lowest BCUT2D eigenvalue weighted by Crippen LogP contribution is -2.13. The minimum absolute atomic E-state index is 0.0141. The van der Waals surface area contributed by atoms with Gasteiger partial charge >= 0.3 is 0 Å². The van der Waals surface area contributed by atoms with Gasteiger partial charge in [0.1, 0.15) is 11.6 Å². The van der Waals surface area contributed by atoms with Crippen LogP contribution in [-0.4, -0.2) is 13.4 Å². The molecule has 1 heterocycles. The van der Waals surface area contributed by atoms with E-state index in [0.29, 0.717) is 16.5 Å². The summed E-state index contributed by atoms with van der Waals surface area (Å²) in [6.07, 6.45) is 1.40. The normalized spacial score (nSPS) is 11.2. The first-order valence-corrected chi connectivity index (χ1v) is 9.47. The number of benzene rings is 2. The summed E-state index contributed by atoms with van der Waals surface area (Å²) in [5.41, 5.74) is 1.36. The molecule has 8 heteroatoms. The van der Waals surface area contributed by atoms with Gasteiger partial charge in [-0.3, -0.25) is 4.72 Å². The third-order valence-corrected chi connectivity index (χ3v) is 5.20. The zero-order valence-electron chi connectivity index (χ0n) is 13.7. The molecule has 0 aliphatic heterocycles. The molecule has 0 atom stereocenters. The first kappa shape index (κ1) is 18.2. The first-order chi connectivity index (χ1) is 12.3. The lowest BCUT2D eigenvalue weighted by molar-refractivity contribution is 0.598. The van der Waals surface area contributed by atoms with Crippen LogP contribution >= 0.6 is 11.6 Å². The molecule has 3 rings (SSSR count). The van der Waals surface area contributed by atoms with Gasteiger partial charge in [0.2, 0.25) is 0 Å². The molecule has 0 aliphatic carbocycles. The Balaban J connectivity index is 1.73. The fourth-order valence-corrected chi connectivity index (χ4v) is 3.46. The Labute approximate surface area is 155 Å². The Kier molecular flexibility index (Phi) is 5.11. The van der Waals surface area contributed by atoms with E-state index in [0.717, 1.165) is 11.8 Å². The smallest absolute Gasteiger partial charge is 0.261 e. The maximum Gasteiger partial charge on any atom is 0.261 e. The van der Waals surface area contributed by atoms with Crippen LogP contribution in [0, 0.1) is 12.7 Å². The predicted octanol–water partition coefficient (Wildman–Crippen LogP) is 4.73. The largest absolute Gasteiger partial charge is 0.340 e. The van der Waals surface area contributed by atoms with Gasteiger partial charge in [-0.25, -0.2) is 17.8 Å². The Bertz CT molecular complexity index is 1020. The summed E-state index contributed by atoms with van der Waals surface area (Å²) in [5.74, 6) is 0.0936. The van der Waals surface area contributed by atoms with Crippen LogP contribution in [0.3, 0.4) is 0 Å². The van der Waals surface area contributed by atoms with E-state index in [9.17, 15) is 12.8 Å². The zero-order valence-corrected chi connectivity index (χ0v) is 15.3. The average Bonchev–Trinajstić information content (AvgIpc) is 2.61. The summed E-state index contributed by atoms with van der Waals surface area (Å²) in [5, 5.41) is 3.71. The number of hydrogen-bond acceptors (Lipinski definition) is 4. The van der Waals surface area contributed by atoms with Crippen LogP contribution in [0.15, 0.2) is 65.7 Å². The van der Waals surface area contributed by atoms with Crippen molar-refractivity contribution in [3.63, 3.8) is 0 Å². The highest BCUT2D eigenvalue weighted by molar-refractivity contribution is 7.92. The van der Waals surface area contributed by atoms with Gasteiger partial charge < -0.3 is 5.32 Å². The molecule has 2 aromatic carbocycles. The third-order valence-electron chi connectivity index (χ3n) is 3.57. The second-order valence-corrected chi connectivity index (χ2v) is 7.70. The number of rotatable bonds is 5. The third kappa shape index (κ3) is 4.30. The number of anilines is 3. The molecule has 26 heavy (non-hydrogen) atoms. The SMILES string of the molecule is Cc1cc(S(=O)(=O)Nc2ccc(Nc3ccc(Cl)cc3)nc2)ccc1F. The number of nitrogens with zero attached hydrogens (tertiary/aromatic N) is 1. The number of sulfonamides is 1. The van der Waals surface area contributed by atoms with E-state index in [1.54, 1.807) is 36.4 Å². The summed E-state index contributed by atoms with van der Waals surface area (Å²) >= 11 is 5.84. The predicted molar refractivity (Wildman–Crippen MR) is 101 cm³/mol. The molecule has 0 fully saturated rings. The van der Waals surface area contributed by atoms with Gasteiger partial charge in [-0.15, -0.1) is 0 Å². The fraction of sp³-hybridized carbons (Fsp3) is 0.0556. The number of hydrogen-bond donors (Lipinski definition) is 2. The summed E-state index contributed by atoms with van der Waals surface area (Å²) in [6, 6.07) is 13.9. The highest BCUT2D eigenvalue weighted by Crippen LogP contribution is 2.21. The zero-order chi connectivity index (χ0) is 18.7. The number of pyridine rings is 1. The molecule has 2 N–H and O–H groups in total. The van der Waals surface area contributed by atoms with Crippen molar-refractivity contribution in [2.45, 2.75) is 11.8 Å². The standard InChI is InChI=1S/C18H15ClFN3O2S/c1-12-10-16(7-8-17(12)20)26(24,25)23-15-6-9-18(21-11-15)22-14-4-2-13(19)3-5-14/h2-11,23H,1H3,(H,21,22). The van der Waals surface area contributed by atoms with E-state index in [4.69, 9.17) is 11.6 Å². The minimum Gasteiger partial charge on any atom is -0.340 e. The van der Waals surface area contributed by atoms with Gasteiger partial charge in [-0.2, -0.15) is 0 Å². The molecule has 0 spiro atoms. The monoisotopic (exact) mass is 391 g/mol. The van der Waals surface area contributed by atoms with Crippen LogP contribution in [0.2, 0.25) is 5.02 Å². The molecule has 1 aromatic heterocycles. The number of aryl methyl sites for hydroxylation is 1. The summed E-state index contributed by atoms with van der Waals surface area (Å²) < 4.78 is 40.5. The van der Waals surface area contributed by atoms with Gasteiger partial charge in [-0.1, -0.05) is 11.6 Å². The molecule has 0 unspecified atom stereocenters. The van der Waals surface area contributed by atoms with Gasteiger partial charge in [0.15, 0.2) is 0 Å². The van der Waals surface area contributed by atoms with Crippen LogP contribution in [0.1, 0.15) is 5.56 Å². The molecule has 0 saturated carbocycles. The van der Waals surface area contributed by atoms with Crippen molar-refractivity contribution in [3.05, 3.63) is 77.2 Å². The maximum absolute atomic E-state index is 13.3. The molecule has 0 bridgehead atoms. The topological polar surface area (TPSA) is 71.1 Å². The average molecular weight is 392 g/mol. The van der Waals surface area contributed by atoms with Gasteiger partial charge in [0.05, 0.1) is 16.8 Å². The van der Waals surface area contributed by atoms with Crippen LogP contribution in [0.4, 0.5) is 21.6 Å². The Morgan fingerprint density at radius 1 is 1.00 bits per heavy atom. The summed E-state index contributed by atoms with van der Waals surface area (Å²) in [4.78, 5) is 4.16. The van der Waals surface area contributed by atoms with E-state index in [2.05, 4.69) is 15.0 Å². The second kappa shape index (κ2) is 7.31. The Morgan fingerprint density at radius 3 is 2.31 bits per heavy atom. The molecule has 0 amide bonds. The Hall–Kier alpha value is -2.64. The van der Waals surface area contributed by atoms with Gasteiger partial charge in [-0.05, 0) is 67.1 Å². The maximum atomic E-state index is 13.3. The molecule has 0 radical (unpaired) electrons. The van der Waals surface area contributed by atoms with E-state index >= 15 is 0 Å². The number of halogens is 2. The van der Waals surface area contributed by atoms with E-state index < -0.39 is 15.8 Å². The van der Waals surface area contributed by atoms with Gasteiger partial charge in [0.25, 0.3) is 10.0 Å². The highest BCUT2D eigenvalue weighted by atomic mass is 35.5. The lowest BCUT2D eigenvalue weighted by atomic mass is 10.2. The quantitative estimate of drug-likeness (QED) is 0.659. The highest BCUT2D eigenvalue weighted by Gasteiger charge is 2.15. The van der Waals surface area contributed by atoms with Crippen molar-refractivity contribution in [2.24, 2.45) is 0 Å². The van der Waals surface area contributed by atoms with E-state index in [1.165, 1.54) is 25.3 Å². The summed E-state index contributed by atoms with van der Waals surface area (Å²) in [6.45, 7) is 1.51. The molecular formula is C18H15ClFN3O2S. The van der Waals surface area contributed by atoms with Crippen molar-refractivity contribution in [3.8, 4) is 0 Å². The van der Waals surface area contributed by atoms with Crippen LogP contribution in [-0.2, 0) is 10.0 Å². The van der Waals surface area contributed by atoms with Crippen molar-refractivity contribution in [1.29, 1.82) is 0 Å². The van der Waals surface area contributed by atoms with Crippen molar-refractivity contribution in [2.75, 3.05) is 10.0 Å². The minimum atomic E-state index is -3.82. The molecule has 5 nitrogen and oxygen atoms in total. The van der Waals surface area contributed by atoms with Crippen molar-refractivity contribution in [1.82, 2.24) is 4.98 Å². The van der Waals surface area contributed by atoms with Crippen molar-refractivity contribution >= 4 is 38.8 Å². The molecule has 0 aliphatic rings. The van der Waals surface area contributed by atoms with E-state index in [-0.39, 0.29) is 10.5 Å². The second-order valence-electron chi connectivity index (χ2n) is 5.58. The Morgan fingerprint density at radius 2 is 1.69 bits per heavy atom. The first-order valence-electron chi connectivity index (χ1n) is 7.61. The number of aromatic nitrogens is 1. The number of nitrogens with one attached hydrogen (secondary N) is 2. The molecule has 134 valence electrons. The lowest BCUT2D eigenvalue weighted by Gasteiger charge is -2.10. The fourth-order valence-electron chi connectivity index (χ4n) is 2.21. The van der Waals surface area contributed by atoms with E-state index in [1.807, 2.05) is 0 Å². The summed E-state index contributed by atoms with van der Waals surface area (Å²) in [7, 11) is -3.82. The van der Waals surface area contributed by atoms with Crippen LogP contribution < -0.4 is 10.0 Å². The van der Waals surface area contributed by atoms with Crippen molar-refractivity contribution < 1.29 is 12.8 Å². The molecular weight excluding hydrogens is 377 g/mol.